The molecular formula is C18H22N5OS2+. The molecule has 0 saturated carbocycles. The van der Waals surface area contributed by atoms with Crippen molar-refractivity contribution < 1.29 is 5.11 Å². The molecule has 0 saturated heterocycles. The first-order valence-corrected chi connectivity index (χ1v) is 9.72. The number of nitrogens with one attached hydrogen (secondary N) is 3. The van der Waals surface area contributed by atoms with Crippen molar-refractivity contribution in [3.05, 3.63) is 42.0 Å². The van der Waals surface area contributed by atoms with Crippen molar-refractivity contribution in [2.75, 3.05) is 30.0 Å². The average Bonchev–Trinajstić information content (AvgIpc) is 3.05. The third-order valence-electron chi connectivity index (χ3n) is 4.35. The Morgan fingerprint density at radius 2 is 2.08 bits per heavy atom. The summed E-state index contributed by atoms with van der Waals surface area (Å²) in [6.45, 7) is 0. The van der Waals surface area contributed by atoms with E-state index >= 15 is 0 Å². The summed E-state index contributed by atoms with van der Waals surface area (Å²) in [4.78, 5) is 8.48. The number of benzene rings is 2. The Balaban J connectivity index is 1.56. The van der Waals surface area contributed by atoms with Crippen LogP contribution in [0.5, 0.6) is 0 Å². The van der Waals surface area contributed by atoms with Gasteiger partial charge in [-0.05, 0) is 44.9 Å². The lowest BCUT2D eigenvalue weighted by atomic mass is 10.1. The molecule has 8 heteroatoms. The summed E-state index contributed by atoms with van der Waals surface area (Å²) in [5.74, 6) is 0. The van der Waals surface area contributed by atoms with Crippen LogP contribution >= 0.6 is 11.8 Å². The van der Waals surface area contributed by atoms with Crippen molar-refractivity contribution in [2.45, 2.75) is 27.7 Å². The van der Waals surface area contributed by atoms with Crippen molar-refractivity contribution in [1.82, 2.24) is 4.90 Å². The lowest BCUT2D eigenvalue weighted by Gasteiger charge is -2.26. The number of anilines is 3. The maximum atomic E-state index is 10.4. The Kier molecular flexibility index (Phi) is 4.74. The van der Waals surface area contributed by atoms with Gasteiger partial charge in [-0.3, -0.25) is 4.90 Å². The maximum absolute atomic E-state index is 10.4. The maximum Gasteiger partial charge on any atom is 0.194 e. The highest BCUT2D eigenvalue weighted by atomic mass is 32.2. The molecule has 2 aliphatic rings. The monoisotopic (exact) mass is 388 g/mol. The molecule has 2 aromatic carbocycles. The normalized spacial score (nSPS) is 21.6. The largest absolute Gasteiger partial charge is 0.375 e. The highest BCUT2D eigenvalue weighted by Gasteiger charge is 2.32. The minimum Gasteiger partial charge on any atom is -0.375 e. The lowest BCUT2D eigenvalue weighted by molar-refractivity contribution is 0.0449. The molecule has 0 spiro atoms. The molecule has 0 amide bonds. The highest BCUT2D eigenvalue weighted by Crippen LogP contribution is 2.46. The third kappa shape index (κ3) is 3.37. The Bertz CT molecular complexity index is 857. The molecule has 0 fully saturated rings. The number of aliphatic hydroxyl groups is 1. The number of likely N-dealkylation sites (N-methyl/N-ethyl adjacent to an activating group) is 1. The Hall–Kier alpha value is -1.87. The van der Waals surface area contributed by atoms with Crippen LogP contribution in [0.3, 0.4) is 0 Å². The Morgan fingerprint density at radius 3 is 2.85 bits per heavy atom. The number of thioether (sulfide) groups is 1. The fourth-order valence-corrected chi connectivity index (χ4v) is 4.48. The van der Waals surface area contributed by atoms with Gasteiger partial charge in [0.05, 0.1) is 11.4 Å². The van der Waals surface area contributed by atoms with Gasteiger partial charge in [-0.25, -0.2) is 4.99 Å². The van der Waals surface area contributed by atoms with Crippen LogP contribution in [0.15, 0.2) is 51.2 Å². The molecule has 2 aromatic rings. The Labute approximate surface area is 162 Å². The van der Waals surface area contributed by atoms with Crippen molar-refractivity contribution >= 4 is 47.7 Å². The van der Waals surface area contributed by atoms with Crippen LogP contribution in [0.25, 0.3) is 0 Å². The second kappa shape index (κ2) is 7.03. The van der Waals surface area contributed by atoms with E-state index in [-0.39, 0.29) is 11.7 Å². The van der Waals surface area contributed by atoms with Gasteiger partial charge < -0.3 is 21.1 Å². The quantitative estimate of drug-likeness (QED) is 0.475. The van der Waals surface area contributed by atoms with Crippen LogP contribution in [0.4, 0.5) is 17.1 Å². The zero-order valence-corrected chi connectivity index (χ0v) is 16.3. The molecular weight excluding hydrogens is 366 g/mol. The number of hydrogen-bond acceptors (Lipinski definition) is 7. The van der Waals surface area contributed by atoms with Gasteiger partial charge >= 0.3 is 0 Å². The van der Waals surface area contributed by atoms with Crippen LogP contribution < -0.4 is 16.0 Å². The zero-order valence-electron chi connectivity index (χ0n) is 14.5. The summed E-state index contributed by atoms with van der Waals surface area (Å²) in [6, 6.07) is 12.1. The van der Waals surface area contributed by atoms with Gasteiger partial charge in [0.1, 0.15) is 11.6 Å². The van der Waals surface area contributed by atoms with E-state index in [1.165, 1.54) is 0 Å². The molecule has 3 atom stereocenters. The van der Waals surface area contributed by atoms with E-state index in [4.69, 9.17) is 0 Å². The standard InChI is InChI=1S/C18H21N5OS2/c1-23(2)17(24)16-21-15-13(26-16)7-6-10-9-19-18(22-14(10)15)20-11-4-3-5-12(25)8-11/h3-9,16-18,20-22,24-25H,1-2H3/p+1. The van der Waals surface area contributed by atoms with Crippen LogP contribution in [0, 0.1) is 0 Å². The lowest BCUT2D eigenvalue weighted by Crippen LogP contribution is -2.39. The van der Waals surface area contributed by atoms with E-state index in [1.54, 1.807) is 16.7 Å². The summed E-state index contributed by atoms with van der Waals surface area (Å²) in [5.41, 5.74) is 4.03. The first kappa shape index (κ1) is 17.5. The van der Waals surface area contributed by atoms with E-state index in [1.807, 2.05) is 44.6 Å². The van der Waals surface area contributed by atoms with Crippen molar-refractivity contribution in [3.63, 3.8) is 0 Å². The summed E-state index contributed by atoms with van der Waals surface area (Å²) in [5, 5.41) is 20.5. The fourth-order valence-electron chi connectivity index (χ4n) is 2.99. The average molecular weight is 389 g/mol. The first-order valence-electron chi connectivity index (χ1n) is 8.34. The van der Waals surface area contributed by atoms with E-state index in [0.717, 1.165) is 32.4 Å². The summed E-state index contributed by atoms with van der Waals surface area (Å²) in [6.07, 6.45) is 1.05. The van der Waals surface area contributed by atoms with Gasteiger partial charge in [0.25, 0.3) is 0 Å². The van der Waals surface area contributed by atoms with Crippen molar-refractivity contribution in [1.29, 1.82) is 0 Å². The Morgan fingerprint density at radius 1 is 1.23 bits per heavy atom. The molecule has 3 unspecified atom stereocenters. The molecule has 2 aliphatic heterocycles. The second-order valence-electron chi connectivity index (χ2n) is 6.51. The highest BCUT2D eigenvalue weighted by molar-refractivity contribution is 8.00. The molecule has 4 rings (SSSR count). The topological polar surface area (TPSA) is 71.9 Å². The van der Waals surface area contributed by atoms with Crippen LogP contribution in [0.2, 0.25) is 0 Å². The van der Waals surface area contributed by atoms with E-state index < -0.39 is 6.23 Å². The minimum absolute atomic E-state index is 0.108. The predicted molar refractivity (Wildman–Crippen MR) is 113 cm³/mol. The molecule has 0 aromatic heterocycles. The fraction of sp³-hybridized carbons (Fsp3) is 0.278. The van der Waals surface area contributed by atoms with Gasteiger partial charge in [-0.1, -0.05) is 23.9 Å². The molecule has 2 heterocycles. The van der Waals surface area contributed by atoms with Gasteiger partial charge in [0, 0.05) is 28.4 Å². The smallest absolute Gasteiger partial charge is 0.194 e. The molecule has 4 N–H and O–H groups in total. The number of hydrogen-bond donors (Lipinski definition) is 4. The van der Waals surface area contributed by atoms with Gasteiger partial charge in [0.15, 0.2) is 11.2 Å². The third-order valence-corrected chi connectivity index (χ3v) is 5.87. The van der Waals surface area contributed by atoms with Crippen LogP contribution in [-0.2, 0) is 12.6 Å². The summed E-state index contributed by atoms with van der Waals surface area (Å²) >= 11 is 5.18. The summed E-state index contributed by atoms with van der Waals surface area (Å²) in [7, 11) is 3.74. The number of aliphatic hydroxyl groups excluding tert-OH is 1. The number of fused-ring (bicyclic) bond motifs is 3. The van der Waals surface area contributed by atoms with Gasteiger partial charge in [0.2, 0.25) is 0 Å². The van der Waals surface area contributed by atoms with Crippen LogP contribution in [-0.4, -0.2) is 48.2 Å². The summed E-state index contributed by atoms with van der Waals surface area (Å²) < 4.78 is 0. The number of nitrogens with zero attached hydrogens (tertiary/aromatic N) is 2. The van der Waals surface area contributed by atoms with Gasteiger partial charge in [-0.15, -0.1) is 0 Å². The number of rotatable bonds is 4. The van der Waals surface area contributed by atoms with Crippen molar-refractivity contribution in [3.8, 4) is 0 Å². The van der Waals surface area contributed by atoms with E-state index in [9.17, 15) is 5.11 Å². The minimum atomic E-state index is -0.573. The molecule has 0 bridgehead atoms. The SMILES string of the molecule is CN(C)C(O)C1Nc2c(ccc3c2NC(Nc2cccc([SH2+])c2)N=C3)S1. The molecule has 26 heavy (non-hydrogen) atoms. The predicted octanol–water partition coefficient (Wildman–Crippen LogP) is 2.02. The number of aliphatic imine (C=N–C) groups is 1. The molecule has 0 aliphatic carbocycles. The molecule has 6 nitrogen and oxygen atoms in total. The van der Waals surface area contributed by atoms with Gasteiger partial charge in [-0.2, -0.15) is 0 Å². The molecule has 0 radical (unpaired) electrons. The second-order valence-corrected chi connectivity index (χ2v) is 8.27. The van der Waals surface area contributed by atoms with E-state index in [2.05, 4.69) is 45.7 Å². The first-order chi connectivity index (χ1) is 12.5. The zero-order chi connectivity index (χ0) is 18.3. The van der Waals surface area contributed by atoms with Crippen molar-refractivity contribution in [2.24, 2.45) is 4.99 Å². The molecule has 136 valence electrons. The van der Waals surface area contributed by atoms with E-state index in [0.29, 0.717) is 0 Å². The van der Waals surface area contributed by atoms with Crippen LogP contribution in [0.1, 0.15) is 5.56 Å².